The number of pyridine rings is 1. The number of nitrogens with zero attached hydrogens (tertiary/aromatic N) is 4. The molecule has 0 N–H and O–H groups in total. The van der Waals surface area contributed by atoms with Crippen molar-refractivity contribution in [3.05, 3.63) is 64.3 Å². The summed E-state index contributed by atoms with van der Waals surface area (Å²) in [6, 6.07) is 4.11. The fourth-order valence-corrected chi connectivity index (χ4v) is 4.26. The normalized spacial score (nSPS) is 13.7. The van der Waals surface area contributed by atoms with Crippen molar-refractivity contribution in [3.8, 4) is 5.69 Å². The molecule has 2 amide bonds. The van der Waals surface area contributed by atoms with Gasteiger partial charge in [-0.1, -0.05) is 17.7 Å². The lowest BCUT2D eigenvalue weighted by Crippen LogP contribution is -2.46. The molecule has 0 bridgehead atoms. The van der Waals surface area contributed by atoms with Gasteiger partial charge < -0.3 is 19.1 Å². The van der Waals surface area contributed by atoms with Crippen LogP contribution >= 0.6 is 11.6 Å². The number of amides is 2. The van der Waals surface area contributed by atoms with Crippen LogP contribution in [0.1, 0.15) is 50.5 Å². The van der Waals surface area contributed by atoms with E-state index in [1.54, 1.807) is 35.3 Å². The van der Waals surface area contributed by atoms with Gasteiger partial charge in [0.15, 0.2) is 0 Å². The fourth-order valence-electron chi connectivity index (χ4n) is 4.00. The van der Waals surface area contributed by atoms with Crippen molar-refractivity contribution < 1.29 is 18.7 Å². The number of hydrogen-bond acceptors (Lipinski definition) is 4. The first-order valence-corrected chi connectivity index (χ1v) is 12.1. The summed E-state index contributed by atoms with van der Waals surface area (Å²) in [7, 11) is 1.69. The lowest BCUT2D eigenvalue weighted by molar-refractivity contribution is 0.0216. The molecule has 9 heteroatoms. The number of ether oxygens (including phenoxy) is 1. The predicted octanol–water partition coefficient (Wildman–Crippen LogP) is 5.93. The Balaban J connectivity index is 1.75. The molecule has 1 aliphatic rings. The molecule has 4 rings (SSSR count). The monoisotopic (exact) mass is 512 g/mol. The highest BCUT2D eigenvalue weighted by Crippen LogP contribution is 2.34. The maximum atomic E-state index is 14.2. The van der Waals surface area contributed by atoms with Crippen LogP contribution in [0.15, 0.2) is 42.4 Å². The molecular weight excluding hydrogens is 483 g/mol. The number of rotatable bonds is 4. The van der Waals surface area contributed by atoms with Crippen molar-refractivity contribution >= 4 is 40.6 Å². The quantitative estimate of drug-likeness (QED) is 0.434. The highest BCUT2D eigenvalue weighted by molar-refractivity contribution is 6.36. The van der Waals surface area contributed by atoms with Crippen LogP contribution in [0.3, 0.4) is 0 Å². The molecule has 0 unspecified atom stereocenters. The largest absolute Gasteiger partial charge is 0.444 e. The second kappa shape index (κ2) is 9.58. The average Bonchev–Trinajstić information content (AvgIpc) is 3.13. The number of likely N-dealkylation sites (tertiary alicyclic amines) is 1. The third-order valence-electron chi connectivity index (χ3n) is 6.04. The fraction of sp³-hybridized carbons (Fsp3) is 0.370. The van der Waals surface area contributed by atoms with E-state index in [0.717, 1.165) is 16.5 Å². The maximum Gasteiger partial charge on any atom is 0.410 e. The van der Waals surface area contributed by atoms with Gasteiger partial charge in [-0.25, -0.2) is 9.18 Å². The molecule has 1 fully saturated rings. The van der Waals surface area contributed by atoms with Crippen LogP contribution in [-0.2, 0) is 4.74 Å². The minimum Gasteiger partial charge on any atom is -0.444 e. The van der Waals surface area contributed by atoms with Gasteiger partial charge in [-0.05, 0) is 58.4 Å². The Bertz CT molecular complexity index is 1370. The second-order valence-corrected chi connectivity index (χ2v) is 10.7. The Morgan fingerprint density at radius 1 is 1.22 bits per heavy atom. The number of fused-ring (bicyclic) bond motifs is 1. The van der Waals surface area contributed by atoms with E-state index in [9.17, 15) is 14.0 Å². The zero-order chi connectivity index (χ0) is 26.4. The van der Waals surface area contributed by atoms with E-state index < -0.39 is 11.4 Å². The van der Waals surface area contributed by atoms with E-state index in [4.69, 9.17) is 16.3 Å². The van der Waals surface area contributed by atoms with Crippen molar-refractivity contribution in [2.75, 3.05) is 20.1 Å². The van der Waals surface area contributed by atoms with Crippen LogP contribution in [0.2, 0.25) is 5.02 Å². The summed E-state index contributed by atoms with van der Waals surface area (Å²) in [5.41, 5.74) is 2.74. The third kappa shape index (κ3) is 5.09. The number of aromatic nitrogens is 2. The lowest BCUT2D eigenvalue weighted by atomic mass is 10.0. The zero-order valence-corrected chi connectivity index (χ0v) is 22.1. The van der Waals surface area contributed by atoms with E-state index in [-0.39, 0.29) is 23.6 Å². The molecule has 0 radical (unpaired) electrons. The molecule has 3 aromatic rings. The van der Waals surface area contributed by atoms with Crippen molar-refractivity contribution in [3.63, 3.8) is 0 Å². The first kappa shape index (κ1) is 25.7. The van der Waals surface area contributed by atoms with Crippen molar-refractivity contribution in [2.45, 2.75) is 46.3 Å². The standard InChI is InChI=1S/C27H30ClFN4O3/c1-16(2)31(6)25(34)20-10-19(29)7-8-22(20)33-15-18(24-21(28)11-30-12-23(24)33)9-17-13-32(14-17)26(35)36-27(3,4)5/h7-12,15-16H,13-14H2,1-6H3. The minimum absolute atomic E-state index is 0.0574. The van der Waals surface area contributed by atoms with Gasteiger partial charge >= 0.3 is 6.09 Å². The number of carbonyl (C=O) groups is 2. The molecule has 2 aromatic heterocycles. The van der Waals surface area contributed by atoms with E-state index in [0.29, 0.717) is 29.3 Å². The second-order valence-electron chi connectivity index (χ2n) is 10.3. The van der Waals surface area contributed by atoms with Crippen molar-refractivity contribution in [1.82, 2.24) is 19.4 Å². The molecule has 0 saturated carbocycles. The highest BCUT2D eigenvalue weighted by atomic mass is 35.5. The van der Waals surface area contributed by atoms with Gasteiger partial charge in [0.05, 0.1) is 28.0 Å². The smallest absolute Gasteiger partial charge is 0.410 e. The van der Waals surface area contributed by atoms with Crippen molar-refractivity contribution in [1.29, 1.82) is 0 Å². The van der Waals surface area contributed by atoms with Gasteiger partial charge in [0.2, 0.25) is 0 Å². The number of halogens is 2. The van der Waals surface area contributed by atoms with Gasteiger partial charge in [0.25, 0.3) is 5.91 Å². The molecule has 7 nitrogen and oxygen atoms in total. The van der Waals surface area contributed by atoms with Crippen LogP contribution in [0.5, 0.6) is 0 Å². The summed E-state index contributed by atoms with van der Waals surface area (Å²) in [5.74, 6) is -0.783. The summed E-state index contributed by atoms with van der Waals surface area (Å²) in [4.78, 5) is 32.9. The number of hydrogen-bond donors (Lipinski definition) is 0. The van der Waals surface area contributed by atoms with Crippen LogP contribution < -0.4 is 0 Å². The van der Waals surface area contributed by atoms with Crippen LogP contribution in [0.4, 0.5) is 9.18 Å². The summed E-state index contributed by atoms with van der Waals surface area (Å²) < 4.78 is 21.5. The topological polar surface area (TPSA) is 67.7 Å². The molecule has 1 aliphatic heterocycles. The Hall–Kier alpha value is -3.39. The molecule has 0 spiro atoms. The zero-order valence-electron chi connectivity index (χ0n) is 21.3. The Morgan fingerprint density at radius 3 is 2.56 bits per heavy atom. The van der Waals surface area contributed by atoms with Gasteiger partial charge in [0, 0.05) is 49.5 Å². The lowest BCUT2D eigenvalue weighted by Gasteiger charge is -2.35. The average molecular weight is 513 g/mol. The third-order valence-corrected chi connectivity index (χ3v) is 6.33. The Kier molecular flexibility index (Phi) is 6.84. The molecule has 190 valence electrons. The first-order chi connectivity index (χ1) is 16.9. The Morgan fingerprint density at radius 2 is 1.92 bits per heavy atom. The van der Waals surface area contributed by atoms with Crippen LogP contribution in [0.25, 0.3) is 22.7 Å². The van der Waals surface area contributed by atoms with E-state index in [2.05, 4.69) is 4.98 Å². The minimum atomic E-state index is -0.557. The number of benzene rings is 1. The molecule has 1 aromatic carbocycles. The first-order valence-electron chi connectivity index (χ1n) is 11.7. The van der Waals surface area contributed by atoms with E-state index >= 15 is 0 Å². The number of carbonyl (C=O) groups excluding carboxylic acids is 2. The summed E-state index contributed by atoms with van der Waals surface area (Å²) in [6.07, 6.45) is 6.72. The predicted molar refractivity (Wildman–Crippen MR) is 139 cm³/mol. The van der Waals surface area contributed by atoms with E-state index in [1.165, 1.54) is 12.1 Å². The van der Waals surface area contributed by atoms with Gasteiger partial charge in [0.1, 0.15) is 11.4 Å². The molecule has 0 aliphatic carbocycles. The Labute approximate surface area is 215 Å². The SMILES string of the molecule is CC(C)N(C)C(=O)c1cc(F)ccc1-n1cc(C=C2CN(C(=O)OC(C)(C)C)C2)c2c(Cl)cncc21. The van der Waals surface area contributed by atoms with E-state index in [1.807, 2.05) is 51.5 Å². The van der Waals surface area contributed by atoms with Crippen LogP contribution in [-0.4, -0.2) is 63.1 Å². The molecule has 36 heavy (non-hydrogen) atoms. The van der Waals surface area contributed by atoms with Crippen molar-refractivity contribution in [2.24, 2.45) is 0 Å². The summed E-state index contributed by atoms with van der Waals surface area (Å²) in [5, 5.41) is 1.21. The highest BCUT2D eigenvalue weighted by Gasteiger charge is 2.30. The van der Waals surface area contributed by atoms with Gasteiger partial charge in [-0.2, -0.15) is 0 Å². The van der Waals surface area contributed by atoms with Gasteiger partial charge in [-0.3, -0.25) is 9.78 Å². The maximum absolute atomic E-state index is 14.2. The molecular formula is C27H30ClFN4O3. The van der Waals surface area contributed by atoms with Crippen LogP contribution in [0, 0.1) is 5.82 Å². The molecule has 0 atom stereocenters. The van der Waals surface area contributed by atoms with Gasteiger partial charge in [-0.15, -0.1) is 0 Å². The summed E-state index contributed by atoms with van der Waals surface area (Å²) in [6.45, 7) is 10.2. The summed E-state index contributed by atoms with van der Waals surface area (Å²) >= 11 is 6.55. The molecule has 3 heterocycles. The molecule has 1 saturated heterocycles.